The zero-order chi connectivity index (χ0) is 13.2. The molecule has 2 nitrogen and oxygen atoms in total. The Morgan fingerprint density at radius 3 is 3.05 bits per heavy atom. The van der Waals surface area contributed by atoms with Gasteiger partial charge in [-0.05, 0) is 63.6 Å². The molecule has 19 heavy (non-hydrogen) atoms. The van der Waals surface area contributed by atoms with Crippen molar-refractivity contribution in [2.24, 2.45) is 5.73 Å². The SMILES string of the molecule is NC(CC1OCCc2ccccc21)c1csc(I)c1. The quantitative estimate of drug-likeness (QED) is 0.809. The molecule has 1 aromatic carbocycles. The third-order valence-electron chi connectivity index (χ3n) is 3.58. The maximum Gasteiger partial charge on any atom is 0.0845 e. The van der Waals surface area contributed by atoms with Crippen LogP contribution in [0.15, 0.2) is 35.7 Å². The number of thiophene rings is 1. The minimum Gasteiger partial charge on any atom is -0.373 e. The molecule has 100 valence electrons. The molecule has 2 unspecified atom stereocenters. The lowest BCUT2D eigenvalue weighted by Gasteiger charge is -2.28. The zero-order valence-corrected chi connectivity index (χ0v) is 13.5. The van der Waals surface area contributed by atoms with Crippen molar-refractivity contribution >= 4 is 33.9 Å². The molecular weight excluding hydrogens is 369 g/mol. The maximum absolute atomic E-state index is 6.32. The largest absolute Gasteiger partial charge is 0.373 e. The standard InChI is InChI=1S/C15H16INOS/c16-15-7-11(9-19-15)13(17)8-14-12-4-2-1-3-10(12)5-6-18-14/h1-4,7,9,13-14H,5-6,8,17H2. The van der Waals surface area contributed by atoms with Crippen molar-refractivity contribution in [1.29, 1.82) is 0 Å². The van der Waals surface area contributed by atoms with Crippen LogP contribution < -0.4 is 5.73 Å². The molecule has 0 saturated heterocycles. The Kier molecular flexibility index (Phi) is 4.21. The number of benzene rings is 1. The molecule has 1 aliphatic rings. The van der Waals surface area contributed by atoms with E-state index in [1.165, 1.54) is 19.6 Å². The molecule has 0 spiro atoms. The lowest BCUT2D eigenvalue weighted by Crippen LogP contribution is -2.21. The summed E-state index contributed by atoms with van der Waals surface area (Å²) in [6.45, 7) is 0.801. The normalized spacial score (nSPS) is 20.0. The van der Waals surface area contributed by atoms with E-state index in [1.54, 1.807) is 11.3 Å². The van der Waals surface area contributed by atoms with Gasteiger partial charge in [0.05, 0.1) is 15.6 Å². The van der Waals surface area contributed by atoms with Crippen LogP contribution in [0.3, 0.4) is 0 Å². The molecule has 0 amide bonds. The molecule has 0 radical (unpaired) electrons. The minimum absolute atomic E-state index is 0.0518. The molecule has 0 saturated carbocycles. The Bertz CT molecular complexity index is 569. The van der Waals surface area contributed by atoms with Crippen LogP contribution in [-0.2, 0) is 11.2 Å². The van der Waals surface area contributed by atoms with Gasteiger partial charge in [-0.3, -0.25) is 0 Å². The summed E-state index contributed by atoms with van der Waals surface area (Å²) < 4.78 is 7.21. The molecule has 0 fully saturated rings. The number of halogens is 1. The van der Waals surface area contributed by atoms with Crippen LogP contribution in [0, 0.1) is 2.88 Å². The van der Waals surface area contributed by atoms with E-state index in [-0.39, 0.29) is 12.1 Å². The highest BCUT2D eigenvalue weighted by Gasteiger charge is 2.23. The van der Waals surface area contributed by atoms with E-state index in [1.807, 2.05) is 0 Å². The van der Waals surface area contributed by atoms with Crippen LogP contribution in [0.25, 0.3) is 0 Å². The van der Waals surface area contributed by atoms with Crippen LogP contribution in [0.5, 0.6) is 0 Å². The van der Waals surface area contributed by atoms with Gasteiger partial charge in [0.1, 0.15) is 0 Å². The topological polar surface area (TPSA) is 35.2 Å². The third kappa shape index (κ3) is 3.02. The number of nitrogens with two attached hydrogens (primary N) is 1. The number of hydrogen-bond acceptors (Lipinski definition) is 3. The molecule has 0 bridgehead atoms. The van der Waals surface area contributed by atoms with Gasteiger partial charge in [0.2, 0.25) is 0 Å². The van der Waals surface area contributed by atoms with Gasteiger partial charge in [0, 0.05) is 6.04 Å². The number of rotatable bonds is 3. The summed E-state index contributed by atoms with van der Waals surface area (Å²) in [7, 11) is 0. The van der Waals surface area contributed by atoms with Crippen molar-refractivity contribution in [3.63, 3.8) is 0 Å². The van der Waals surface area contributed by atoms with Crippen LogP contribution in [0.2, 0.25) is 0 Å². The molecule has 2 atom stereocenters. The van der Waals surface area contributed by atoms with Gasteiger partial charge in [-0.2, -0.15) is 0 Å². The van der Waals surface area contributed by atoms with Crippen LogP contribution in [0.1, 0.15) is 35.3 Å². The van der Waals surface area contributed by atoms with Crippen molar-refractivity contribution in [2.75, 3.05) is 6.61 Å². The van der Waals surface area contributed by atoms with Crippen LogP contribution >= 0.6 is 33.9 Å². The Morgan fingerprint density at radius 2 is 2.26 bits per heavy atom. The summed E-state index contributed by atoms with van der Waals surface area (Å²) in [5, 5.41) is 2.15. The Morgan fingerprint density at radius 1 is 1.42 bits per heavy atom. The van der Waals surface area contributed by atoms with Crippen LogP contribution in [-0.4, -0.2) is 6.61 Å². The van der Waals surface area contributed by atoms with Crippen molar-refractivity contribution in [1.82, 2.24) is 0 Å². The van der Waals surface area contributed by atoms with Crippen molar-refractivity contribution in [2.45, 2.75) is 25.0 Å². The van der Waals surface area contributed by atoms with E-state index in [4.69, 9.17) is 10.5 Å². The van der Waals surface area contributed by atoms with E-state index in [9.17, 15) is 0 Å². The van der Waals surface area contributed by atoms with Gasteiger partial charge in [0.15, 0.2) is 0 Å². The second-order valence-corrected chi connectivity index (χ2v) is 7.64. The maximum atomic E-state index is 6.32. The number of ether oxygens (including phenoxy) is 1. The summed E-state index contributed by atoms with van der Waals surface area (Å²) in [5.41, 5.74) is 10.3. The summed E-state index contributed by atoms with van der Waals surface area (Å²) in [4.78, 5) is 0. The van der Waals surface area contributed by atoms with Crippen LogP contribution in [0.4, 0.5) is 0 Å². The van der Waals surface area contributed by atoms with Crippen molar-refractivity contribution < 1.29 is 4.74 Å². The molecular formula is C15H16INOS. The first kappa shape index (κ1) is 13.5. The average molecular weight is 385 g/mol. The van der Waals surface area contributed by atoms with E-state index >= 15 is 0 Å². The highest BCUT2D eigenvalue weighted by atomic mass is 127. The molecule has 1 aliphatic heterocycles. The fourth-order valence-corrected chi connectivity index (χ4v) is 3.99. The smallest absolute Gasteiger partial charge is 0.0845 e. The molecule has 4 heteroatoms. The molecule has 2 aromatic rings. The van der Waals surface area contributed by atoms with Gasteiger partial charge in [-0.15, -0.1) is 11.3 Å². The minimum atomic E-state index is 0.0518. The van der Waals surface area contributed by atoms with Crippen molar-refractivity contribution in [3.05, 3.63) is 55.3 Å². The Balaban J connectivity index is 1.77. The Labute approximate surface area is 131 Å². The predicted octanol–water partition coefficient (Wildman–Crippen LogP) is 4.06. The van der Waals surface area contributed by atoms with Gasteiger partial charge >= 0.3 is 0 Å². The summed E-state index contributed by atoms with van der Waals surface area (Å²) >= 11 is 4.08. The van der Waals surface area contributed by atoms with Gasteiger partial charge in [-0.1, -0.05) is 24.3 Å². The highest BCUT2D eigenvalue weighted by Crippen LogP contribution is 2.34. The van der Waals surface area contributed by atoms with Gasteiger partial charge in [-0.25, -0.2) is 0 Å². The van der Waals surface area contributed by atoms with Gasteiger partial charge < -0.3 is 10.5 Å². The summed E-state index contributed by atoms with van der Waals surface area (Å²) in [6.07, 6.45) is 2.00. The molecule has 3 rings (SSSR count). The molecule has 2 N–H and O–H groups in total. The first-order valence-corrected chi connectivity index (χ1v) is 8.39. The first-order chi connectivity index (χ1) is 9.24. The van der Waals surface area contributed by atoms with E-state index in [0.29, 0.717) is 0 Å². The van der Waals surface area contributed by atoms with Crippen molar-refractivity contribution in [3.8, 4) is 0 Å². The predicted molar refractivity (Wildman–Crippen MR) is 87.4 cm³/mol. The third-order valence-corrected chi connectivity index (χ3v) is 5.38. The lowest BCUT2D eigenvalue weighted by atomic mass is 9.92. The van der Waals surface area contributed by atoms with Gasteiger partial charge in [0.25, 0.3) is 0 Å². The summed E-state index contributed by atoms with van der Waals surface area (Å²) in [6, 6.07) is 10.8. The average Bonchev–Trinajstić information content (AvgIpc) is 2.86. The summed E-state index contributed by atoms with van der Waals surface area (Å²) in [5.74, 6) is 0. The second-order valence-electron chi connectivity index (χ2n) is 4.83. The van der Waals surface area contributed by atoms with E-state index in [0.717, 1.165) is 19.4 Å². The number of hydrogen-bond donors (Lipinski definition) is 1. The lowest BCUT2D eigenvalue weighted by molar-refractivity contribution is 0.0320. The molecule has 0 aliphatic carbocycles. The molecule has 2 heterocycles. The second kappa shape index (κ2) is 5.91. The fraction of sp³-hybridized carbons (Fsp3) is 0.333. The van der Waals surface area contributed by atoms with E-state index < -0.39 is 0 Å². The number of fused-ring (bicyclic) bond motifs is 1. The monoisotopic (exact) mass is 385 g/mol. The zero-order valence-electron chi connectivity index (χ0n) is 10.5. The highest BCUT2D eigenvalue weighted by molar-refractivity contribution is 14.1. The fourth-order valence-electron chi connectivity index (χ4n) is 2.56. The van der Waals surface area contributed by atoms with E-state index in [2.05, 4.69) is 58.3 Å². The first-order valence-electron chi connectivity index (χ1n) is 6.43. The molecule has 1 aromatic heterocycles. The Hall–Kier alpha value is -0.430.